The predicted molar refractivity (Wildman–Crippen MR) is 52.7 cm³/mol. The van der Waals surface area contributed by atoms with E-state index in [1.165, 1.54) is 0 Å². The first kappa shape index (κ1) is 9.93. The molecule has 1 saturated carbocycles. The molecule has 1 aliphatic heterocycles. The first-order chi connectivity index (χ1) is 6.67. The number of aliphatic hydroxyl groups excluding tert-OH is 1. The summed E-state index contributed by atoms with van der Waals surface area (Å²) in [6.07, 6.45) is 1.84. The van der Waals surface area contributed by atoms with Gasteiger partial charge in [0, 0.05) is 6.54 Å². The van der Waals surface area contributed by atoms with E-state index in [-0.39, 0.29) is 24.0 Å². The van der Waals surface area contributed by atoms with Crippen LogP contribution in [0.25, 0.3) is 0 Å². The zero-order valence-electron chi connectivity index (χ0n) is 8.55. The lowest BCUT2D eigenvalue weighted by atomic mass is 9.97. The minimum Gasteiger partial charge on any atom is -0.394 e. The van der Waals surface area contributed by atoms with Crippen LogP contribution >= 0.6 is 0 Å². The Labute approximate surface area is 84.1 Å². The molecule has 0 aromatic carbocycles. The van der Waals surface area contributed by atoms with Gasteiger partial charge >= 0.3 is 0 Å². The van der Waals surface area contributed by atoms with Crippen LogP contribution in [0.2, 0.25) is 0 Å². The smallest absolute Gasteiger partial charge is 0.225 e. The van der Waals surface area contributed by atoms with Crippen LogP contribution in [-0.2, 0) is 4.79 Å². The normalized spacial score (nSPS) is 34.1. The Kier molecular flexibility index (Phi) is 2.49. The monoisotopic (exact) mass is 198 g/mol. The van der Waals surface area contributed by atoms with Gasteiger partial charge in [0.2, 0.25) is 5.91 Å². The molecule has 0 spiro atoms. The second-order valence-electron chi connectivity index (χ2n) is 4.67. The molecule has 2 rings (SSSR count). The third kappa shape index (κ3) is 1.77. The van der Waals surface area contributed by atoms with E-state index in [2.05, 4.69) is 17.6 Å². The van der Waals surface area contributed by atoms with E-state index < -0.39 is 0 Å². The topological polar surface area (TPSA) is 61.4 Å². The van der Waals surface area contributed by atoms with E-state index >= 15 is 0 Å². The van der Waals surface area contributed by atoms with E-state index in [4.69, 9.17) is 5.11 Å². The highest BCUT2D eigenvalue weighted by molar-refractivity contribution is 5.80. The lowest BCUT2D eigenvalue weighted by Crippen LogP contribution is -2.44. The number of rotatable bonds is 3. The third-order valence-electron chi connectivity index (χ3n) is 3.40. The van der Waals surface area contributed by atoms with Crippen LogP contribution in [0.4, 0.5) is 0 Å². The molecule has 1 heterocycles. The fourth-order valence-corrected chi connectivity index (χ4v) is 1.99. The number of carbonyl (C=O) groups is 1. The molecule has 4 heteroatoms. The largest absolute Gasteiger partial charge is 0.394 e. The number of aliphatic hydroxyl groups is 1. The van der Waals surface area contributed by atoms with Crippen molar-refractivity contribution < 1.29 is 9.90 Å². The van der Waals surface area contributed by atoms with Crippen molar-refractivity contribution in [2.24, 2.45) is 11.8 Å². The molecule has 4 nitrogen and oxygen atoms in total. The molecular formula is C10H18N2O2. The van der Waals surface area contributed by atoms with Crippen molar-refractivity contribution in [3.8, 4) is 0 Å². The average Bonchev–Trinajstić information content (AvgIpc) is 2.80. The first-order valence-corrected chi connectivity index (χ1v) is 5.30. The van der Waals surface area contributed by atoms with Crippen LogP contribution in [0.1, 0.15) is 19.8 Å². The SMILES string of the molecule is CC1CNCC1C(=O)NC1(CO)CC1. The molecular weight excluding hydrogens is 180 g/mol. The van der Waals surface area contributed by atoms with Crippen molar-refractivity contribution in [1.29, 1.82) is 0 Å². The molecule has 2 atom stereocenters. The van der Waals surface area contributed by atoms with Crippen molar-refractivity contribution in [2.45, 2.75) is 25.3 Å². The van der Waals surface area contributed by atoms with Crippen molar-refractivity contribution in [2.75, 3.05) is 19.7 Å². The Morgan fingerprint density at radius 1 is 1.57 bits per heavy atom. The molecule has 14 heavy (non-hydrogen) atoms. The summed E-state index contributed by atoms with van der Waals surface area (Å²) in [5.74, 6) is 0.595. The van der Waals surface area contributed by atoms with Crippen LogP contribution in [-0.4, -0.2) is 36.2 Å². The van der Waals surface area contributed by atoms with Crippen molar-refractivity contribution in [3.05, 3.63) is 0 Å². The van der Waals surface area contributed by atoms with Gasteiger partial charge in [0.25, 0.3) is 0 Å². The highest BCUT2D eigenvalue weighted by atomic mass is 16.3. The van der Waals surface area contributed by atoms with E-state index in [1.807, 2.05) is 0 Å². The van der Waals surface area contributed by atoms with Crippen LogP contribution < -0.4 is 10.6 Å². The van der Waals surface area contributed by atoms with Gasteiger partial charge in [-0.2, -0.15) is 0 Å². The first-order valence-electron chi connectivity index (χ1n) is 5.30. The molecule has 0 aromatic rings. The van der Waals surface area contributed by atoms with E-state index in [9.17, 15) is 4.79 Å². The van der Waals surface area contributed by atoms with Crippen LogP contribution in [0.5, 0.6) is 0 Å². The molecule has 2 aliphatic rings. The summed E-state index contributed by atoms with van der Waals surface area (Å²) >= 11 is 0. The summed E-state index contributed by atoms with van der Waals surface area (Å²) < 4.78 is 0. The minimum atomic E-state index is -0.264. The summed E-state index contributed by atoms with van der Waals surface area (Å²) in [5, 5.41) is 15.2. The standard InChI is InChI=1S/C10H18N2O2/c1-7-4-11-5-8(7)9(14)12-10(6-13)2-3-10/h7-8,11,13H,2-6H2,1H3,(H,12,14). The Morgan fingerprint density at radius 2 is 2.29 bits per heavy atom. The minimum absolute atomic E-state index is 0.0767. The fourth-order valence-electron chi connectivity index (χ4n) is 1.99. The van der Waals surface area contributed by atoms with Gasteiger partial charge in [0.05, 0.1) is 18.1 Å². The molecule has 2 fully saturated rings. The zero-order chi connectivity index (χ0) is 10.2. The third-order valence-corrected chi connectivity index (χ3v) is 3.40. The summed E-state index contributed by atoms with van der Waals surface area (Å²) in [4.78, 5) is 11.8. The second kappa shape index (κ2) is 3.51. The van der Waals surface area contributed by atoms with Gasteiger partial charge in [0.15, 0.2) is 0 Å². The van der Waals surface area contributed by atoms with Crippen LogP contribution in [0.15, 0.2) is 0 Å². The van der Waals surface area contributed by atoms with Gasteiger partial charge in [-0.1, -0.05) is 6.92 Å². The highest BCUT2D eigenvalue weighted by Gasteiger charge is 2.45. The van der Waals surface area contributed by atoms with Crippen LogP contribution in [0, 0.1) is 11.8 Å². The van der Waals surface area contributed by atoms with Gasteiger partial charge in [-0.05, 0) is 25.3 Å². The Balaban J connectivity index is 1.89. The van der Waals surface area contributed by atoms with Gasteiger partial charge < -0.3 is 15.7 Å². The van der Waals surface area contributed by atoms with Crippen LogP contribution in [0.3, 0.4) is 0 Å². The van der Waals surface area contributed by atoms with E-state index in [0.29, 0.717) is 5.92 Å². The highest BCUT2D eigenvalue weighted by Crippen LogP contribution is 2.35. The lowest BCUT2D eigenvalue weighted by molar-refractivity contribution is -0.126. The summed E-state index contributed by atoms with van der Waals surface area (Å²) in [6, 6.07) is 0. The lowest BCUT2D eigenvalue weighted by Gasteiger charge is -2.19. The summed E-state index contributed by atoms with van der Waals surface area (Å²) in [6.45, 7) is 3.86. The van der Waals surface area contributed by atoms with Gasteiger partial charge in [0.1, 0.15) is 0 Å². The molecule has 2 unspecified atom stereocenters. The Morgan fingerprint density at radius 3 is 2.71 bits per heavy atom. The summed E-state index contributed by atoms with van der Waals surface area (Å²) in [5.41, 5.74) is -0.264. The number of hydrogen-bond acceptors (Lipinski definition) is 3. The Bertz CT molecular complexity index is 238. The van der Waals surface area contributed by atoms with Crippen molar-refractivity contribution in [3.63, 3.8) is 0 Å². The fraction of sp³-hybridized carbons (Fsp3) is 0.900. The Hall–Kier alpha value is -0.610. The molecule has 0 aromatic heterocycles. The number of nitrogens with one attached hydrogen (secondary N) is 2. The van der Waals surface area contributed by atoms with E-state index in [1.54, 1.807) is 0 Å². The van der Waals surface area contributed by atoms with Crippen molar-refractivity contribution in [1.82, 2.24) is 10.6 Å². The van der Waals surface area contributed by atoms with Crippen molar-refractivity contribution >= 4 is 5.91 Å². The maximum Gasteiger partial charge on any atom is 0.225 e. The maximum atomic E-state index is 11.8. The number of hydrogen-bond donors (Lipinski definition) is 3. The molecule has 0 bridgehead atoms. The number of amides is 1. The number of carbonyl (C=O) groups excluding carboxylic acids is 1. The van der Waals surface area contributed by atoms with Gasteiger partial charge in [-0.3, -0.25) is 4.79 Å². The molecule has 80 valence electrons. The second-order valence-corrected chi connectivity index (χ2v) is 4.67. The van der Waals surface area contributed by atoms with E-state index in [0.717, 1.165) is 25.9 Å². The molecule has 3 N–H and O–H groups in total. The molecule has 1 saturated heterocycles. The van der Waals surface area contributed by atoms with Gasteiger partial charge in [-0.25, -0.2) is 0 Å². The zero-order valence-corrected chi connectivity index (χ0v) is 8.55. The molecule has 0 radical (unpaired) electrons. The average molecular weight is 198 g/mol. The quantitative estimate of drug-likeness (QED) is 0.572. The predicted octanol–water partition coefficient (Wildman–Crippen LogP) is -0.517. The molecule has 1 amide bonds. The molecule has 1 aliphatic carbocycles. The van der Waals surface area contributed by atoms with Gasteiger partial charge in [-0.15, -0.1) is 0 Å². The maximum absolute atomic E-state index is 11.8. The summed E-state index contributed by atoms with van der Waals surface area (Å²) in [7, 11) is 0.